The molecule has 0 amide bonds. The highest BCUT2D eigenvalue weighted by Crippen LogP contribution is 2.17. The van der Waals surface area contributed by atoms with Gasteiger partial charge in [0.1, 0.15) is 0 Å². The number of hydrogen-bond donors (Lipinski definition) is 3. The van der Waals surface area contributed by atoms with Crippen LogP contribution in [0.1, 0.15) is 21.5 Å². The number of nitrogens with one attached hydrogen (secondary N) is 3. The third-order valence-electron chi connectivity index (χ3n) is 4.42. The molecule has 3 N–H and O–H groups in total. The number of hydrogen-bond acceptors (Lipinski definition) is 3. The van der Waals surface area contributed by atoms with Gasteiger partial charge in [-0.2, -0.15) is 0 Å². The van der Waals surface area contributed by atoms with Crippen LogP contribution in [0, 0.1) is 0 Å². The molecular weight excluding hydrogens is 340 g/mol. The fourth-order valence-electron chi connectivity index (χ4n) is 2.94. The standard InChI is InChI=1S/C21H24N4O2/c1-22-21(25-13-15-7-9-16(10-8-15)20(26)27-2)23-12-11-17-14-24-19-6-4-3-5-18(17)19/h3-10,14,24H,11-13H2,1-2H3,(H2,22,23,25). The minimum Gasteiger partial charge on any atom is -0.465 e. The molecule has 0 atom stereocenters. The predicted molar refractivity (Wildman–Crippen MR) is 108 cm³/mol. The summed E-state index contributed by atoms with van der Waals surface area (Å²) in [6.07, 6.45) is 2.96. The van der Waals surface area contributed by atoms with Crippen molar-refractivity contribution in [3.63, 3.8) is 0 Å². The lowest BCUT2D eigenvalue weighted by Crippen LogP contribution is -2.37. The van der Waals surface area contributed by atoms with Gasteiger partial charge in [0.25, 0.3) is 0 Å². The second kappa shape index (κ2) is 8.89. The quantitative estimate of drug-likeness (QED) is 0.357. The summed E-state index contributed by atoms with van der Waals surface area (Å²) in [7, 11) is 3.13. The highest BCUT2D eigenvalue weighted by atomic mass is 16.5. The second-order valence-corrected chi connectivity index (χ2v) is 6.15. The maximum atomic E-state index is 11.5. The number of benzene rings is 2. The van der Waals surface area contributed by atoms with Gasteiger partial charge >= 0.3 is 5.97 Å². The fourth-order valence-corrected chi connectivity index (χ4v) is 2.94. The predicted octanol–water partition coefficient (Wildman–Crippen LogP) is 2.86. The smallest absolute Gasteiger partial charge is 0.337 e. The lowest BCUT2D eigenvalue weighted by molar-refractivity contribution is 0.0600. The van der Waals surface area contributed by atoms with Crippen LogP contribution < -0.4 is 10.6 Å². The summed E-state index contributed by atoms with van der Waals surface area (Å²) in [6.45, 7) is 1.40. The Kier molecular flexibility index (Phi) is 6.10. The molecule has 0 aliphatic rings. The number of H-pyrrole nitrogens is 1. The molecule has 0 saturated carbocycles. The second-order valence-electron chi connectivity index (χ2n) is 6.15. The maximum Gasteiger partial charge on any atom is 0.337 e. The molecule has 0 aliphatic carbocycles. The van der Waals surface area contributed by atoms with Gasteiger partial charge in [-0.1, -0.05) is 30.3 Å². The van der Waals surface area contributed by atoms with Crippen LogP contribution in [-0.4, -0.2) is 37.6 Å². The Morgan fingerprint density at radius 3 is 2.63 bits per heavy atom. The maximum absolute atomic E-state index is 11.5. The minimum atomic E-state index is -0.329. The van der Waals surface area contributed by atoms with Crippen LogP contribution in [0.25, 0.3) is 10.9 Å². The number of nitrogens with zero attached hydrogens (tertiary/aromatic N) is 1. The van der Waals surface area contributed by atoms with Crippen molar-refractivity contribution in [1.82, 2.24) is 15.6 Å². The summed E-state index contributed by atoms with van der Waals surface area (Å²) < 4.78 is 4.71. The summed E-state index contributed by atoms with van der Waals surface area (Å²) >= 11 is 0. The average molecular weight is 364 g/mol. The van der Waals surface area contributed by atoms with Crippen molar-refractivity contribution in [3.05, 3.63) is 71.4 Å². The van der Waals surface area contributed by atoms with Gasteiger partial charge in [0.2, 0.25) is 0 Å². The number of methoxy groups -OCH3 is 1. The van der Waals surface area contributed by atoms with Gasteiger partial charge in [0.15, 0.2) is 5.96 Å². The number of ether oxygens (including phenoxy) is 1. The van der Waals surface area contributed by atoms with E-state index in [0.717, 1.165) is 30.0 Å². The molecule has 1 aromatic heterocycles. The Labute approximate surface area is 158 Å². The fraction of sp³-hybridized carbons (Fsp3) is 0.238. The third kappa shape index (κ3) is 4.67. The van der Waals surface area contributed by atoms with E-state index < -0.39 is 0 Å². The van der Waals surface area contributed by atoms with Crippen molar-refractivity contribution in [1.29, 1.82) is 0 Å². The molecule has 140 valence electrons. The minimum absolute atomic E-state index is 0.329. The first-order valence-electron chi connectivity index (χ1n) is 8.88. The number of aliphatic imine (C=N–C) groups is 1. The van der Waals surface area contributed by atoms with E-state index in [1.165, 1.54) is 18.1 Å². The van der Waals surface area contributed by atoms with Crippen LogP contribution in [0.15, 0.2) is 59.7 Å². The molecule has 6 nitrogen and oxygen atoms in total. The van der Waals surface area contributed by atoms with Crippen molar-refractivity contribution in [2.75, 3.05) is 20.7 Å². The first kappa shape index (κ1) is 18.5. The Bertz CT molecular complexity index is 929. The molecule has 27 heavy (non-hydrogen) atoms. The summed E-state index contributed by atoms with van der Waals surface area (Å²) in [6, 6.07) is 15.6. The van der Waals surface area contributed by atoms with Gasteiger partial charge in [-0.3, -0.25) is 4.99 Å². The Balaban J connectivity index is 1.49. The molecule has 0 spiro atoms. The van der Waals surface area contributed by atoms with Crippen molar-refractivity contribution in [3.8, 4) is 0 Å². The molecular formula is C21H24N4O2. The number of guanidine groups is 1. The average Bonchev–Trinajstić information content (AvgIpc) is 3.13. The molecule has 3 rings (SSSR count). The van der Waals surface area contributed by atoms with Gasteiger partial charge in [-0.25, -0.2) is 4.79 Å². The molecule has 0 radical (unpaired) electrons. The number of aromatic nitrogens is 1. The number of para-hydroxylation sites is 1. The zero-order valence-corrected chi connectivity index (χ0v) is 15.6. The molecule has 1 heterocycles. The van der Waals surface area contributed by atoms with E-state index in [4.69, 9.17) is 4.74 Å². The van der Waals surface area contributed by atoms with E-state index in [0.29, 0.717) is 12.1 Å². The lowest BCUT2D eigenvalue weighted by Gasteiger charge is -2.12. The SMILES string of the molecule is CN=C(NCCc1c[nH]c2ccccc12)NCc1ccc(C(=O)OC)cc1. The molecule has 0 aliphatic heterocycles. The van der Waals surface area contributed by atoms with Crippen LogP contribution in [0.3, 0.4) is 0 Å². The normalized spacial score (nSPS) is 11.4. The monoisotopic (exact) mass is 364 g/mol. The Hall–Kier alpha value is -3.28. The summed E-state index contributed by atoms with van der Waals surface area (Å²) in [5.41, 5.74) is 4.04. The summed E-state index contributed by atoms with van der Waals surface area (Å²) in [5, 5.41) is 7.87. The number of fused-ring (bicyclic) bond motifs is 1. The van der Waals surface area contributed by atoms with Crippen molar-refractivity contribution in [2.24, 2.45) is 4.99 Å². The highest BCUT2D eigenvalue weighted by molar-refractivity contribution is 5.89. The van der Waals surface area contributed by atoms with E-state index in [1.807, 2.05) is 18.2 Å². The van der Waals surface area contributed by atoms with Gasteiger partial charge < -0.3 is 20.4 Å². The zero-order chi connectivity index (χ0) is 19.1. The number of carbonyl (C=O) groups is 1. The van der Waals surface area contributed by atoms with Gasteiger partial charge in [0, 0.05) is 37.2 Å². The summed E-state index contributed by atoms with van der Waals surface area (Å²) in [4.78, 5) is 19.0. The van der Waals surface area contributed by atoms with E-state index in [-0.39, 0.29) is 5.97 Å². The summed E-state index contributed by atoms with van der Waals surface area (Å²) in [5.74, 6) is 0.413. The molecule has 2 aromatic carbocycles. The molecule has 0 fully saturated rings. The molecule has 0 unspecified atom stereocenters. The van der Waals surface area contributed by atoms with E-state index in [1.54, 1.807) is 19.2 Å². The Morgan fingerprint density at radius 2 is 1.89 bits per heavy atom. The topological polar surface area (TPSA) is 78.5 Å². The number of esters is 1. The van der Waals surface area contributed by atoms with E-state index >= 15 is 0 Å². The molecule has 6 heteroatoms. The van der Waals surface area contributed by atoms with E-state index in [9.17, 15) is 4.79 Å². The van der Waals surface area contributed by atoms with Crippen molar-refractivity contribution >= 4 is 22.8 Å². The van der Waals surface area contributed by atoms with Gasteiger partial charge in [0.05, 0.1) is 12.7 Å². The van der Waals surface area contributed by atoms with Crippen LogP contribution >= 0.6 is 0 Å². The van der Waals surface area contributed by atoms with Gasteiger partial charge in [-0.15, -0.1) is 0 Å². The van der Waals surface area contributed by atoms with Crippen LogP contribution in [0.4, 0.5) is 0 Å². The van der Waals surface area contributed by atoms with Crippen molar-refractivity contribution < 1.29 is 9.53 Å². The third-order valence-corrected chi connectivity index (χ3v) is 4.42. The van der Waals surface area contributed by atoms with Gasteiger partial charge in [-0.05, 0) is 35.7 Å². The van der Waals surface area contributed by atoms with Crippen LogP contribution in [-0.2, 0) is 17.7 Å². The van der Waals surface area contributed by atoms with Crippen LogP contribution in [0.5, 0.6) is 0 Å². The lowest BCUT2D eigenvalue weighted by atomic mass is 10.1. The number of rotatable bonds is 6. The number of aromatic amines is 1. The van der Waals surface area contributed by atoms with E-state index in [2.05, 4.69) is 45.0 Å². The first-order valence-corrected chi connectivity index (χ1v) is 8.88. The first-order chi connectivity index (χ1) is 13.2. The molecule has 0 saturated heterocycles. The zero-order valence-electron chi connectivity index (χ0n) is 15.6. The largest absolute Gasteiger partial charge is 0.465 e. The molecule has 3 aromatic rings. The number of carbonyl (C=O) groups excluding carboxylic acids is 1. The van der Waals surface area contributed by atoms with Crippen molar-refractivity contribution in [2.45, 2.75) is 13.0 Å². The van der Waals surface area contributed by atoms with Crippen LogP contribution in [0.2, 0.25) is 0 Å². The molecule has 0 bridgehead atoms. The highest BCUT2D eigenvalue weighted by Gasteiger charge is 2.06. The Morgan fingerprint density at radius 1 is 1.11 bits per heavy atom.